The highest BCUT2D eigenvalue weighted by Crippen LogP contribution is 2.32. The number of carbonyl (C=O) groups excluding carboxylic acids is 2. The molecule has 2 aromatic rings. The number of amides is 1. The number of ether oxygens (including phenoxy) is 1. The number of hydrogen-bond acceptors (Lipinski definition) is 8. The summed E-state index contributed by atoms with van der Waals surface area (Å²) in [5.41, 5.74) is 0.596. The first-order valence-electron chi connectivity index (χ1n) is 9.51. The molecule has 0 radical (unpaired) electrons. The van der Waals surface area contributed by atoms with Crippen LogP contribution in [-0.4, -0.2) is 44.0 Å². The first-order valence-corrected chi connectivity index (χ1v) is 11.4. The molecule has 8 nitrogen and oxygen atoms in total. The van der Waals surface area contributed by atoms with Crippen LogP contribution in [0.15, 0.2) is 10.5 Å². The van der Waals surface area contributed by atoms with Gasteiger partial charge in [0, 0.05) is 11.4 Å². The van der Waals surface area contributed by atoms with Gasteiger partial charge in [-0.05, 0) is 26.7 Å². The van der Waals surface area contributed by atoms with Gasteiger partial charge in [-0.2, -0.15) is 0 Å². The Bertz CT molecular complexity index is 814. The molecule has 1 N–H and O–H groups in total. The molecule has 2 aromatic heterocycles. The molecule has 2 heterocycles. The van der Waals surface area contributed by atoms with Gasteiger partial charge < -0.3 is 14.6 Å². The smallest absolute Gasteiger partial charge is 0.311 e. The maximum Gasteiger partial charge on any atom is 0.311 e. The second-order valence-corrected chi connectivity index (χ2v) is 8.45. The molecule has 0 unspecified atom stereocenters. The number of nitrogens with one attached hydrogen (secondary N) is 1. The van der Waals surface area contributed by atoms with Gasteiger partial charge in [0.25, 0.3) is 0 Å². The van der Waals surface area contributed by atoms with Crippen LogP contribution < -0.4 is 5.32 Å². The van der Waals surface area contributed by atoms with E-state index in [4.69, 9.17) is 4.74 Å². The molecule has 0 aliphatic heterocycles. The molecular weight excluding hydrogens is 398 g/mol. The van der Waals surface area contributed by atoms with E-state index in [2.05, 4.69) is 25.1 Å². The van der Waals surface area contributed by atoms with E-state index in [1.54, 1.807) is 12.3 Å². The third kappa shape index (κ3) is 5.54. The van der Waals surface area contributed by atoms with Crippen molar-refractivity contribution in [3.63, 3.8) is 0 Å². The molecule has 3 rings (SSSR count). The minimum absolute atomic E-state index is 0.110. The summed E-state index contributed by atoms with van der Waals surface area (Å²) in [6, 6.07) is 0.429. The molecule has 0 saturated heterocycles. The minimum atomic E-state index is -0.321. The number of aromatic nitrogens is 4. The molecule has 1 aliphatic carbocycles. The van der Waals surface area contributed by atoms with Crippen molar-refractivity contribution < 1.29 is 14.3 Å². The highest BCUT2D eigenvalue weighted by atomic mass is 32.2. The Balaban J connectivity index is 1.52. The number of aryl methyl sites for hydroxylation is 1. The number of thiazole rings is 1. The van der Waals surface area contributed by atoms with Crippen molar-refractivity contribution in [1.29, 1.82) is 0 Å². The van der Waals surface area contributed by atoms with Gasteiger partial charge in [-0.25, -0.2) is 4.98 Å². The summed E-state index contributed by atoms with van der Waals surface area (Å²) >= 11 is 2.69. The van der Waals surface area contributed by atoms with Crippen LogP contribution in [0.1, 0.15) is 56.6 Å². The topological polar surface area (TPSA) is 99.0 Å². The number of nitrogens with zero attached hydrogens (tertiary/aromatic N) is 4. The van der Waals surface area contributed by atoms with E-state index in [0.29, 0.717) is 23.5 Å². The summed E-state index contributed by atoms with van der Waals surface area (Å²) < 4.78 is 7.09. The zero-order valence-electron chi connectivity index (χ0n) is 16.1. The van der Waals surface area contributed by atoms with Gasteiger partial charge in [0.1, 0.15) is 5.82 Å². The molecule has 0 spiro atoms. The van der Waals surface area contributed by atoms with Gasteiger partial charge in [0.15, 0.2) is 10.3 Å². The zero-order valence-corrected chi connectivity index (χ0v) is 17.8. The van der Waals surface area contributed by atoms with Crippen LogP contribution in [0.25, 0.3) is 0 Å². The summed E-state index contributed by atoms with van der Waals surface area (Å²) in [6.45, 7) is 4.07. The normalized spacial score (nSPS) is 14.8. The van der Waals surface area contributed by atoms with Crippen LogP contribution in [0.5, 0.6) is 0 Å². The maximum atomic E-state index is 12.3. The van der Waals surface area contributed by atoms with Crippen molar-refractivity contribution in [2.45, 2.75) is 63.6 Å². The molecule has 1 fully saturated rings. The van der Waals surface area contributed by atoms with Crippen LogP contribution >= 0.6 is 23.1 Å². The number of hydrogen-bond donors (Lipinski definition) is 1. The number of esters is 1. The highest BCUT2D eigenvalue weighted by Gasteiger charge is 2.22. The van der Waals surface area contributed by atoms with Gasteiger partial charge in [-0.1, -0.05) is 31.0 Å². The predicted molar refractivity (Wildman–Crippen MR) is 109 cm³/mol. The predicted octanol–water partition coefficient (Wildman–Crippen LogP) is 3.38. The SMILES string of the molecule is CCOC(=O)Cc1csc(NC(=O)CSc2nnc(C)n2C2CCCCC2)n1. The van der Waals surface area contributed by atoms with Gasteiger partial charge in [-0.15, -0.1) is 21.5 Å². The first kappa shape index (κ1) is 20.8. The van der Waals surface area contributed by atoms with Crippen LogP contribution in [0.4, 0.5) is 5.13 Å². The summed E-state index contributed by atoms with van der Waals surface area (Å²) in [6.07, 6.45) is 6.13. The summed E-state index contributed by atoms with van der Waals surface area (Å²) in [7, 11) is 0. The Hall–Kier alpha value is -1.94. The zero-order chi connectivity index (χ0) is 19.9. The molecule has 28 heavy (non-hydrogen) atoms. The fraction of sp³-hybridized carbons (Fsp3) is 0.611. The van der Waals surface area contributed by atoms with Gasteiger partial charge in [0.2, 0.25) is 5.91 Å². The van der Waals surface area contributed by atoms with Crippen molar-refractivity contribution in [2.75, 3.05) is 17.7 Å². The maximum absolute atomic E-state index is 12.3. The summed E-state index contributed by atoms with van der Waals surface area (Å²) in [5.74, 6) is 0.660. The summed E-state index contributed by atoms with van der Waals surface area (Å²) in [5, 5.41) is 14.3. The van der Waals surface area contributed by atoms with Crippen molar-refractivity contribution in [2.24, 2.45) is 0 Å². The largest absolute Gasteiger partial charge is 0.466 e. The number of thioether (sulfide) groups is 1. The lowest BCUT2D eigenvalue weighted by atomic mass is 9.95. The Kier molecular flexibility index (Phi) is 7.43. The molecule has 1 saturated carbocycles. The molecule has 10 heteroatoms. The first-order chi connectivity index (χ1) is 13.6. The standard InChI is InChI=1S/C18H25N5O3S2/c1-3-26-16(25)9-13-10-27-17(19-13)20-15(24)11-28-18-22-21-12(2)23(18)14-7-5-4-6-8-14/h10,14H,3-9,11H2,1-2H3,(H,19,20,24). The van der Waals surface area contributed by atoms with E-state index in [0.717, 1.165) is 23.8 Å². The van der Waals surface area contributed by atoms with E-state index >= 15 is 0 Å². The van der Waals surface area contributed by atoms with Gasteiger partial charge >= 0.3 is 5.97 Å². The Morgan fingerprint density at radius 2 is 2.11 bits per heavy atom. The third-order valence-electron chi connectivity index (χ3n) is 4.54. The van der Waals surface area contributed by atoms with Gasteiger partial charge in [0.05, 0.1) is 24.5 Å². The van der Waals surface area contributed by atoms with Crippen LogP contribution in [-0.2, 0) is 20.7 Å². The van der Waals surface area contributed by atoms with E-state index in [-0.39, 0.29) is 24.1 Å². The lowest BCUT2D eigenvalue weighted by Crippen LogP contribution is -2.17. The fourth-order valence-electron chi connectivity index (χ4n) is 3.30. The monoisotopic (exact) mass is 423 g/mol. The number of carbonyl (C=O) groups is 2. The molecule has 1 aliphatic rings. The molecule has 1 amide bonds. The average molecular weight is 424 g/mol. The van der Waals surface area contributed by atoms with Gasteiger partial charge in [-0.3, -0.25) is 9.59 Å². The van der Waals surface area contributed by atoms with E-state index in [1.165, 1.54) is 42.4 Å². The number of anilines is 1. The van der Waals surface area contributed by atoms with Crippen LogP contribution in [0, 0.1) is 6.92 Å². The third-order valence-corrected chi connectivity index (χ3v) is 6.29. The van der Waals surface area contributed by atoms with Crippen molar-refractivity contribution in [1.82, 2.24) is 19.7 Å². The highest BCUT2D eigenvalue weighted by molar-refractivity contribution is 7.99. The molecule has 0 aromatic carbocycles. The number of rotatable bonds is 8. The molecule has 0 bridgehead atoms. The van der Waals surface area contributed by atoms with E-state index in [1.807, 2.05) is 6.92 Å². The van der Waals surface area contributed by atoms with Crippen molar-refractivity contribution in [3.05, 3.63) is 16.9 Å². The van der Waals surface area contributed by atoms with E-state index < -0.39 is 0 Å². The fourth-order valence-corrected chi connectivity index (χ4v) is 4.88. The lowest BCUT2D eigenvalue weighted by Gasteiger charge is -2.24. The van der Waals surface area contributed by atoms with Crippen LogP contribution in [0.3, 0.4) is 0 Å². The summed E-state index contributed by atoms with van der Waals surface area (Å²) in [4.78, 5) is 28.1. The second kappa shape index (κ2) is 10.0. The molecule has 0 atom stereocenters. The van der Waals surface area contributed by atoms with Crippen molar-refractivity contribution >= 4 is 40.1 Å². The quantitative estimate of drug-likeness (QED) is 0.513. The lowest BCUT2D eigenvalue weighted by molar-refractivity contribution is -0.142. The Morgan fingerprint density at radius 1 is 1.32 bits per heavy atom. The minimum Gasteiger partial charge on any atom is -0.466 e. The van der Waals surface area contributed by atoms with Crippen molar-refractivity contribution in [3.8, 4) is 0 Å². The molecule has 152 valence electrons. The Labute approximate surface area is 172 Å². The molecular formula is C18H25N5O3S2. The second-order valence-electron chi connectivity index (χ2n) is 6.65. The van der Waals surface area contributed by atoms with Crippen LogP contribution in [0.2, 0.25) is 0 Å². The van der Waals surface area contributed by atoms with E-state index in [9.17, 15) is 9.59 Å². The Morgan fingerprint density at radius 3 is 2.86 bits per heavy atom. The average Bonchev–Trinajstić information content (AvgIpc) is 3.27.